The molecule has 0 radical (unpaired) electrons. The first-order chi connectivity index (χ1) is 10.4. The van der Waals surface area contributed by atoms with Crippen molar-refractivity contribution < 1.29 is 14.3 Å². The number of hydrogen-bond acceptors (Lipinski definition) is 3. The SMILES string of the molecule is C[C@]12C=CC(=O)C[C@H]1CC[C@@H]1[C@@H]2CC[C@]2(C)OC(=O)CC[C@@H]12. The van der Waals surface area contributed by atoms with E-state index in [1.54, 1.807) is 0 Å². The third-order valence-corrected chi connectivity index (χ3v) is 7.38. The highest BCUT2D eigenvalue weighted by molar-refractivity contribution is 5.91. The molecule has 3 nitrogen and oxygen atoms in total. The predicted molar refractivity (Wildman–Crippen MR) is 83.0 cm³/mol. The molecule has 3 heteroatoms. The predicted octanol–water partition coefficient (Wildman–Crippen LogP) is 3.67. The van der Waals surface area contributed by atoms with Crippen LogP contribution in [0.3, 0.4) is 0 Å². The first kappa shape index (κ1) is 14.5. The lowest BCUT2D eigenvalue weighted by Crippen LogP contribution is -2.57. The van der Waals surface area contributed by atoms with Crippen molar-refractivity contribution in [2.75, 3.05) is 0 Å². The molecule has 0 aromatic carbocycles. The topological polar surface area (TPSA) is 43.4 Å². The van der Waals surface area contributed by atoms with Crippen LogP contribution in [0.25, 0.3) is 0 Å². The van der Waals surface area contributed by atoms with Crippen molar-refractivity contribution in [1.82, 2.24) is 0 Å². The Labute approximate surface area is 132 Å². The molecule has 120 valence electrons. The van der Waals surface area contributed by atoms with Gasteiger partial charge in [-0.15, -0.1) is 0 Å². The maximum Gasteiger partial charge on any atom is 0.306 e. The van der Waals surface area contributed by atoms with Gasteiger partial charge in [-0.05, 0) is 68.3 Å². The molecule has 22 heavy (non-hydrogen) atoms. The van der Waals surface area contributed by atoms with Crippen molar-refractivity contribution in [2.45, 2.75) is 64.4 Å². The van der Waals surface area contributed by atoms with Gasteiger partial charge in [-0.1, -0.05) is 13.0 Å². The van der Waals surface area contributed by atoms with Crippen LogP contribution in [0.4, 0.5) is 0 Å². The smallest absolute Gasteiger partial charge is 0.306 e. The summed E-state index contributed by atoms with van der Waals surface area (Å²) in [6.45, 7) is 4.52. The quantitative estimate of drug-likeness (QED) is 0.641. The van der Waals surface area contributed by atoms with E-state index in [0.29, 0.717) is 35.9 Å². The number of carbonyl (C=O) groups is 2. The Hall–Kier alpha value is -1.12. The highest BCUT2D eigenvalue weighted by Crippen LogP contribution is 2.61. The Kier molecular flexibility index (Phi) is 3.08. The third-order valence-electron chi connectivity index (χ3n) is 7.38. The van der Waals surface area contributed by atoms with Crippen LogP contribution in [0.5, 0.6) is 0 Å². The Balaban J connectivity index is 1.66. The fourth-order valence-corrected chi connectivity index (χ4v) is 6.15. The molecule has 6 atom stereocenters. The van der Waals surface area contributed by atoms with Crippen molar-refractivity contribution in [3.05, 3.63) is 12.2 Å². The fraction of sp³-hybridized carbons (Fsp3) is 0.789. The maximum absolute atomic E-state index is 11.8. The molecule has 1 heterocycles. The van der Waals surface area contributed by atoms with Gasteiger partial charge in [0.25, 0.3) is 0 Å². The van der Waals surface area contributed by atoms with E-state index in [2.05, 4.69) is 19.9 Å². The van der Waals surface area contributed by atoms with Crippen molar-refractivity contribution in [1.29, 1.82) is 0 Å². The second kappa shape index (κ2) is 4.69. The summed E-state index contributed by atoms with van der Waals surface area (Å²) in [4.78, 5) is 23.5. The standard InChI is InChI=1S/C19H26O3/c1-18-9-7-13(20)11-12(18)3-4-14-15(18)8-10-19(2)16(14)5-6-17(21)22-19/h7,9,12,14-16H,3-6,8,10-11H2,1-2H3/t12-,14-,15+,16+,18+,19+/m1/s1. The number of rotatable bonds is 0. The molecule has 1 aliphatic heterocycles. The maximum atomic E-state index is 11.8. The minimum Gasteiger partial charge on any atom is -0.459 e. The molecule has 0 N–H and O–H groups in total. The van der Waals surface area contributed by atoms with Gasteiger partial charge in [-0.25, -0.2) is 0 Å². The minimum atomic E-state index is -0.242. The summed E-state index contributed by atoms with van der Waals surface area (Å²) < 4.78 is 5.80. The van der Waals surface area contributed by atoms with Crippen molar-refractivity contribution in [2.24, 2.45) is 29.1 Å². The van der Waals surface area contributed by atoms with Crippen LogP contribution in [0.2, 0.25) is 0 Å². The average molecular weight is 302 g/mol. The van der Waals surface area contributed by atoms with Gasteiger partial charge in [0.15, 0.2) is 5.78 Å². The number of allylic oxidation sites excluding steroid dienone is 2. The highest BCUT2D eigenvalue weighted by atomic mass is 16.6. The van der Waals surface area contributed by atoms with E-state index in [0.717, 1.165) is 32.1 Å². The number of ketones is 1. The zero-order valence-electron chi connectivity index (χ0n) is 13.6. The third kappa shape index (κ3) is 1.93. The van der Waals surface area contributed by atoms with Crippen molar-refractivity contribution >= 4 is 11.8 Å². The molecule has 2 saturated carbocycles. The summed E-state index contributed by atoms with van der Waals surface area (Å²) in [5, 5.41) is 0. The average Bonchev–Trinajstić information content (AvgIpc) is 2.46. The minimum absolute atomic E-state index is 0.0137. The lowest BCUT2D eigenvalue weighted by Gasteiger charge is -2.59. The Morgan fingerprint density at radius 2 is 1.91 bits per heavy atom. The van der Waals surface area contributed by atoms with Crippen molar-refractivity contribution in [3.8, 4) is 0 Å². The number of ether oxygens (including phenoxy) is 1. The Morgan fingerprint density at radius 1 is 1.09 bits per heavy atom. The van der Waals surface area contributed by atoms with Gasteiger partial charge in [0.1, 0.15) is 5.60 Å². The monoisotopic (exact) mass is 302 g/mol. The molecule has 0 aromatic heterocycles. The van der Waals surface area contributed by atoms with Crippen LogP contribution in [0.15, 0.2) is 12.2 Å². The summed E-state index contributed by atoms with van der Waals surface area (Å²) in [5.41, 5.74) is -0.0759. The molecule has 0 amide bonds. The fourth-order valence-electron chi connectivity index (χ4n) is 6.15. The van der Waals surface area contributed by atoms with Gasteiger partial charge in [-0.2, -0.15) is 0 Å². The Morgan fingerprint density at radius 3 is 2.73 bits per heavy atom. The lowest BCUT2D eigenvalue weighted by atomic mass is 9.47. The van der Waals surface area contributed by atoms with Crippen LogP contribution in [-0.2, 0) is 14.3 Å². The van der Waals surface area contributed by atoms with Crippen LogP contribution < -0.4 is 0 Å². The van der Waals surface area contributed by atoms with Gasteiger partial charge in [0.2, 0.25) is 0 Å². The number of fused-ring (bicyclic) bond motifs is 5. The van der Waals surface area contributed by atoms with E-state index >= 15 is 0 Å². The first-order valence-corrected chi connectivity index (χ1v) is 8.86. The summed E-state index contributed by atoms with van der Waals surface area (Å²) in [5.74, 6) is 2.60. The number of hydrogen-bond donors (Lipinski definition) is 0. The summed E-state index contributed by atoms with van der Waals surface area (Å²) in [6.07, 6.45) is 10.8. The van der Waals surface area contributed by atoms with Gasteiger partial charge in [-0.3, -0.25) is 9.59 Å². The zero-order chi connectivity index (χ0) is 15.5. The van der Waals surface area contributed by atoms with Gasteiger partial charge in [0, 0.05) is 18.8 Å². The second-order valence-corrected chi connectivity index (χ2v) is 8.38. The largest absolute Gasteiger partial charge is 0.459 e. The molecular weight excluding hydrogens is 276 g/mol. The van der Waals surface area contributed by atoms with E-state index in [9.17, 15) is 9.59 Å². The molecule has 0 unspecified atom stereocenters. The van der Waals surface area contributed by atoms with E-state index in [-0.39, 0.29) is 17.0 Å². The molecule has 1 saturated heterocycles. The summed E-state index contributed by atoms with van der Waals surface area (Å²) in [7, 11) is 0. The molecule has 0 bridgehead atoms. The summed E-state index contributed by atoms with van der Waals surface area (Å²) >= 11 is 0. The van der Waals surface area contributed by atoms with Gasteiger partial charge in [0.05, 0.1) is 0 Å². The molecule has 3 aliphatic carbocycles. The van der Waals surface area contributed by atoms with Crippen LogP contribution in [0.1, 0.15) is 58.8 Å². The van der Waals surface area contributed by atoms with E-state index in [1.807, 2.05) is 6.08 Å². The van der Waals surface area contributed by atoms with E-state index in [1.165, 1.54) is 6.42 Å². The molecule has 3 fully saturated rings. The first-order valence-electron chi connectivity index (χ1n) is 8.86. The highest BCUT2D eigenvalue weighted by Gasteiger charge is 2.58. The normalized spacial score (nSPS) is 50.6. The van der Waals surface area contributed by atoms with Gasteiger partial charge >= 0.3 is 5.97 Å². The molecule has 4 aliphatic rings. The molecule has 0 aromatic rings. The summed E-state index contributed by atoms with van der Waals surface area (Å²) in [6, 6.07) is 0. The molecule has 0 spiro atoms. The van der Waals surface area contributed by atoms with E-state index in [4.69, 9.17) is 4.74 Å². The molecular formula is C19H26O3. The van der Waals surface area contributed by atoms with Crippen molar-refractivity contribution in [3.63, 3.8) is 0 Å². The van der Waals surface area contributed by atoms with E-state index < -0.39 is 0 Å². The van der Waals surface area contributed by atoms with Crippen LogP contribution in [-0.4, -0.2) is 17.4 Å². The van der Waals surface area contributed by atoms with Gasteiger partial charge < -0.3 is 4.74 Å². The zero-order valence-corrected chi connectivity index (χ0v) is 13.6. The van der Waals surface area contributed by atoms with Crippen LogP contribution >= 0.6 is 0 Å². The number of carbonyl (C=O) groups excluding carboxylic acids is 2. The lowest BCUT2D eigenvalue weighted by molar-refractivity contribution is -0.197. The van der Waals surface area contributed by atoms with Crippen LogP contribution in [0, 0.1) is 29.1 Å². The Bertz CT molecular complexity index is 551. The second-order valence-electron chi connectivity index (χ2n) is 8.38. The number of esters is 1. The molecule has 4 rings (SSSR count).